The average Bonchev–Trinajstić information content (AvgIpc) is 2.39. The van der Waals surface area contributed by atoms with Crippen LogP contribution < -0.4 is 5.32 Å². The highest BCUT2D eigenvalue weighted by Crippen LogP contribution is 2.25. The molecule has 0 saturated heterocycles. The predicted molar refractivity (Wildman–Crippen MR) is 82.6 cm³/mol. The summed E-state index contributed by atoms with van der Waals surface area (Å²) in [6.45, 7) is 6.45. The molecule has 2 heteroatoms. The molecule has 0 saturated carbocycles. The first kappa shape index (κ1) is 14.1. The number of benzene rings is 2. The summed E-state index contributed by atoms with van der Waals surface area (Å²) in [7, 11) is 0. The number of halogens is 1. The first-order chi connectivity index (χ1) is 9.08. The fraction of sp³-hybridized carbons (Fsp3) is 0.294. The number of hydrogen-bond acceptors (Lipinski definition) is 1. The minimum Gasteiger partial charge on any atom is -0.304 e. The topological polar surface area (TPSA) is 12.0 Å². The van der Waals surface area contributed by atoms with E-state index in [-0.39, 0.29) is 6.04 Å². The van der Waals surface area contributed by atoms with Crippen molar-refractivity contribution in [3.8, 4) is 0 Å². The third-order valence-corrected chi connectivity index (χ3v) is 3.76. The molecule has 2 aromatic carbocycles. The van der Waals surface area contributed by atoms with Crippen LogP contribution in [0, 0.1) is 6.92 Å². The minimum absolute atomic E-state index is 0.226. The largest absolute Gasteiger partial charge is 0.304 e. The quantitative estimate of drug-likeness (QED) is 0.821. The molecule has 0 spiro atoms. The fourth-order valence-electron chi connectivity index (χ4n) is 2.33. The molecule has 19 heavy (non-hydrogen) atoms. The van der Waals surface area contributed by atoms with Crippen LogP contribution in [-0.4, -0.2) is 0 Å². The van der Waals surface area contributed by atoms with Crippen LogP contribution in [0.3, 0.4) is 0 Å². The number of hydrogen-bond donors (Lipinski definition) is 1. The maximum Gasteiger partial charge on any atom is 0.0453 e. The van der Waals surface area contributed by atoms with Crippen molar-refractivity contribution < 1.29 is 0 Å². The van der Waals surface area contributed by atoms with Gasteiger partial charge in [-0.3, -0.25) is 0 Å². The molecule has 0 aliphatic rings. The van der Waals surface area contributed by atoms with Gasteiger partial charge in [0.1, 0.15) is 0 Å². The standard InChI is InChI=1S/C17H20ClN/c1-12-7-6-8-15(11-12)13(2)19-14(3)16-9-4-5-10-17(16)18/h4-11,13-14,19H,1-3H3/t13-,14?/m0/s1. The second-order valence-electron chi connectivity index (χ2n) is 5.05. The van der Waals surface area contributed by atoms with E-state index in [0.29, 0.717) is 6.04 Å². The Labute approximate surface area is 120 Å². The average molecular weight is 274 g/mol. The van der Waals surface area contributed by atoms with Crippen LogP contribution >= 0.6 is 11.6 Å². The van der Waals surface area contributed by atoms with Crippen LogP contribution in [0.15, 0.2) is 48.5 Å². The van der Waals surface area contributed by atoms with Gasteiger partial charge < -0.3 is 5.32 Å². The van der Waals surface area contributed by atoms with Crippen LogP contribution in [0.1, 0.15) is 42.6 Å². The molecule has 2 aromatic rings. The molecule has 1 N–H and O–H groups in total. The summed E-state index contributed by atoms with van der Waals surface area (Å²) in [5.41, 5.74) is 3.74. The third-order valence-electron chi connectivity index (χ3n) is 3.41. The van der Waals surface area contributed by atoms with Crippen LogP contribution in [-0.2, 0) is 0 Å². The molecule has 0 aromatic heterocycles. The Morgan fingerprint density at radius 2 is 1.68 bits per heavy atom. The van der Waals surface area contributed by atoms with E-state index < -0.39 is 0 Å². The predicted octanol–water partition coefficient (Wildman–Crippen LogP) is 5.06. The molecule has 100 valence electrons. The molecule has 0 aliphatic carbocycles. The van der Waals surface area contributed by atoms with Gasteiger partial charge >= 0.3 is 0 Å². The van der Waals surface area contributed by atoms with Crippen molar-refractivity contribution in [3.63, 3.8) is 0 Å². The van der Waals surface area contributed by atoms with Gasteiger partial charge in [-0.05, 0) is 38.0 Å². The first-order valence-electron chi connectivity index (χ1n) is 6.65. The van der Waals surface area contributed by atoms with Gasteiger partial charge in [0.25, 0.3) is 0 Å². The van der Waals surface area contributed by atoms with Gasteiger partial charge in [-0.2, -0.15) is 0 Å². The van der Waals surface area contributed by atoms with E-state index in [4.69, 9.17) is 11.6 Å². The van der Waals surface area contributed by atoms with E-state index in [1.807, 2.05) is 18.2 Å². The normalized spacial score (nSPS) is 14.1. The van der Waals surface area contributed by atoms with Crippen molar-refractivity contribution in [1.29, 1.82) is 0 Å². The van der Waals surface area contributed by atoms with Gasteiger partial charge in [-0.1, -0.05) is 59.6 Å². The smallest absolute Gasteiger partial charge is 0.0453 e. The number of nitrogens with one attached hydrogen (secondary N) is 1. The summed E-state index contributed by atoms with van der Waals surface area (Å²) < 4.78 is 0. The van der Waals surface area contributed by atoms with Crippen molar-refractivity contribution in [1.82, 2.24) is 5.32 Å². The van der Waals surface area contributed by atoms with Gasteiger partial charge in [0, 0.05) is 17.1 Å². The number of rotatable bonds is 4. The molecule has 1 nitrogen and oxygen atoms in total. The number of aryl methyl sites for hydroxylation is 1. The highest BCUT2D eigenvalue weighted by molar-refractivity contribution is 6.31. The Hall–Kier alpha value is -1.31. The van der Waals surface area contributed by atoms with Crippen molar-refractivity contribution >= 4 is 11.6 Å². The van der Waals surface area contributed by atoms with E-state index in [2.05, 4.69) is 56.4 Å². The van der Waals surface area contributed by atoms with E-state index >= 15 is 0 Å². The molecule has 0 fully saturated rings. The highest BCUT2D eigenvalue weighted by Gasteiger charge is 2.13. The van der Waals surface area contributed by atoms with Crippen molar-refractivity contribution in [3.05, 3.63) is 70.2 Å². The van der Waals surface area contributed by atoms with Crippen molar-refractivity contribution in [2.75, 3.05) is 0 Å². The lowest BCUT2D eigenvalue weighted by Gasteiger charge is -2.22. The maximum atomic E-state index is 6.23. The van der Waals surface area contributed by atoms with Crippen LogP contribution in [0.2, 0.25) is 5.02 Å². The minimum atomic E-state index is 0.226. The Bertz CT molecular complexity index is 550. The summed E-state index contributed by atoms with van der Waals surface area (Å²) in [5, 5.41) is 4.41. The fourth-order valence-corrected chi connectivity index (χ4v) is 2.63. The zero-order valence-electron chi connectivity index (χ0n) is 11.7. The van der Waals surface area contributed by atoms with Crippen LogP contribution in [0.25, 0.3) is 0 Å². The van der Waals surface area contributed by atoms with Gasteiger partial charge in [0.15, 0.2) is 0 Å². The maximum absolute atomic E-state index is 6.23. The summed E-state index contributed by atoms with van der Waals surface area (Å²) >= 11 is 6.23. The van der Waals surface area contributed by atoms with Crippen LogP contribution in [0.5, 0.6) is 0 Å². The molecule has 0 bridgehead atoms. The zero-order valence-corrected chi connectivity index (χ0v) is 12.4. The van der Waals surface area contributed by atoms with Gasteiger partial charge in [-0.15, -0.1) is 0 Å². The lowest BCUT2D eigenvalue weighted by Crippen LogP contribution is -2.22. The SMILES string of the molecule is Cc1cccc([C@H](C)NC(C)c2ccccc2Cl)c1. The third kappa shape index (κ3) is 3.59. The highest BCUT2D eigenvalue weighted by atomic mass is 35.5. The second-order valence-corrected chi connectivity index (χ2v) is 5.45. The Balaban J connectivity index is 2.11. The summed E-state index contributed by atoms with van der Waals surface area (Å²) in [5.74, 6) is 0. The molecular weight excluding hydrogens is 254 g/mol. The molecule has 2 rings (SSSR count). The Kier molecular flexibility index (Phi) is 4.62. The van der Waals surface area contributed by atoms with Crippen LogP contribution in [0.4, 0.5) is 0 Å². The van der Waals surface area contributed by atoms with Gasteiger partial charge in [0.05, 0.1) is 0 Å². The molecule has 1 unspecified atom stereocenters. The summed E-state index contributed by atoms with van der Waals surface area (Å²) in [6, 6.07) is 17.1. The Morgan fingerprint density at radius 3 is 2.37 bits per heavy atom. The molecule has 0 radical (unpaired) electrons. The van der Waals surface area contributed by atoms with Gasteiger partial charge in [-0.25, -0.2) is 0 Å². The zero-order chi connectivity index (χ0) is 13.8. The molecule has 2 atom stereocenters. The van der Waals surface area contributed by atoms with E-state index in [0.717, 1.165) is 10.6 Å². The first-order valence-corrected chi connectivity index (χ1v) is 7.03. The van der Waals surface area contributed by atoms with Crippen molar-refractivity contribution in [2.45, 2.75) is 32.9 Å². The summed E-state index contributed by atoms with van der Waals surface area (Å²) in [6.07, 6.45) is 0. The van der Waals surface area contributed by atoms with Gasteiger partial charge in [0.2, 0.25) is 0 Å². The summed E-state index contributed by atoms with van der Waals surface area (Å²) in [4.78, 5) is 0. The van der Waals surface area contributed by atoms with E-state index in [1.165, 1.54) is 11.1 Å². The molecule has 0 heterocycles. The lowest BCUT2D eigenvalue weighted by molar-refractivity contribution is 0.494. The van der Waals surface area contributed by atoms with E-state index in [1.54, 1.807) is 0 Å². The second kappa shape index (κ2) is 6.23. The Morgan fingerprint density at radius 1 is 0.947 bits per heavy atom. The van der Waals surface area contributed by atoms with E-state index in [9.17, 15) is 0 Å². The monoisotopic (exact) mass is 273 g/mol. The molecule has 0 amide bonds. The lowest BCUT2D eigenvalue weighted by atomic mass is 10.0. The molecule has 0 aliphatic heterocycles. The molecular formula is C17H20ClN. The van der Waals surface area contributed by atoms with Crippen molar-refractivity contribution in [2.24, 2.45) is 0 Å².